The van der Waals surface area contributed by atoms with Gasteiger partial charge in [-0.25, -0.2) is 9.97 Å². The minimum absolute atomic E-state index is 0.681. The zero-order valence-corrected chi connectivity index (χ0v) is 17.0. The lowest BCUT2D eigenvalue weighted by molar-refractivity contribution is 0.323. The van der Waals surface area contributed by atoms with Crippen LogP contribution in [0.2, 0.25) is 0 Å². The lowest BCUT2D eigenvalue weighted by atomic mass is 10.1. The molecule has 0 fully saturated rings. The van der Waals surface area contributed by atoms with Gasteiger partial charge in [0.15, 0.2) is 11.5 Å². The van der Waals surface area contributed by atoms with E-state index < -0.39 is 0 Å². The predicted octanol–water partition coefficient (Wildman–Crippen LogP) is 4.52. The van der Waals surface area contributed by atoms with Crippen molar-refractivity contribution in [1.82, 2.24) is 14.4 Å². The summed E-state index contributed by atoms with van der Waals surface area (Å²) < 4.78 is 13.2. The van der Waals surface area contributed by atoms with Crippen molar-refractivity contribution < 1.29 is 9.47 Å². The summed E-state index contributed by atoms with van der Waals surface area (Å²) in [7, 11) is 1.69. The Balaban J connectivity index is 1.55. The van der Waals surface area contributed by atoms with Crippen molar-refractivity contribution in [1.29, 1.82) is 0 Å². The van der Waals surface area contributed by atoms with Crippen LogP contribution in [0.25, 0.3) is 16.9 Å². The highest BCUT2D eigenvalue weighted by atomic mass is 16.5. The number of imidazole rings is 1. The first-order valence-corrected chi connectivity index (χ1v) is 10.0. The number of anilines is 3. The second-order valence-electron chi connectivity index (χ2n) is 7.12. The van der Waals surface area contributed by atoms with Crippen molar-refractivity contribution in [3.63, 3.8) is 0 Å². The number of nitrogens with one attached hydrogen (secondary N) is 2. The van der Waals surface area contributed by atoms with Crippen LogP contribution in [0.15, 0.2) is 55.0 Å². The molecule has 152 valence electrons. The van der Waals surface area contributed by atoms with Crippen LogP contribution in [-0.4, -0.2) is 34.6 Å². The van der Waals surface area contributed by atoms with E-state index in [4.69, 9.17) is 14.5 Å². The van der Waals surface area contributed by atoms with Gasteiger partial charge in [0.25, 0.3) is 0 Å². The summed E-state index contributed by atoms with van der Waals surface area (Å²) in [5, 5.41) is 6.80. The van der Waals surface area contributed by atoms with Crippen LogP contribution in [0.1, 0.15) is 12.5 Å². The van der Waals surface area contributed by atoms with Crippen molar-refractivity contribution in [2.45, 2.75) is 13.3 Å². The summed E-state index contributed by atoms with van der Waals surface area (Å²) in [5.74, 6) is 2.42. The maximum absolute atomic E-state index is 5.69. The fourth-order valence-corrected chi connectivity index (χ4v) is 3.71. The van der Waals surface area contributed by atoms with Gasteiger partial charge in [0, 0.05) is 42.5 Å². The second-order valence-corrected chi connectivity index (χ2v) is 7.12. The molecule has 0 aliphatic carbocycles. The van der Waals surface area contributed by atoms with Gasteiger partial charge in [-0.1, -0.05) is 13.0 Å². The summed E-state index contributed by atoms with van der Waals surface area (Å²) in [5.41, 5.74) is 5.66. The molecule has 7 nitrogen and oxygen atoms in total. The topological polar surface area (TPSA) is 72.7 Å². The molecule has 30 heavy (non-hydrogen) atoms. The molecule has 2 aromatic carbocycles. The number of methoxy groups -OCH3 is 1. The average Bonchev–Trinajstić information content (AvgIpc) is 3.27. The molecule has 5 rings (SSSR count). The monoisotopic (exact) mass is 401 g/mol. The van der Waals surface area contributed by atoms with Gasteiger partial charge in [-0.15, -0.1) is 0 Å². The van der Waals surface area contributed by atoms with Gasteiger partial charge in [0.2, 0.25) is 0 Å². The predicted molar refractivity (Wildman–Crippen MR) is 118 cm³/mol. The Morgan fingerprint density at radius 3 is 3.03 bits per heavy atom. The van der Waals surface area contributed by atoms with E-state index in [1.54, 1.807) is 13.3 Å². The Morgan fingerprint density at radius 1 is 1.23 bits per heavy atom. The molecule has 0 saturated carbocycles. The molecule has 0 radical (unpaired) electrons. The third-order valence-corrected chi connectivity index (χ3v) is 5.26. The summed E-state index contributed by atoms with van der Waals surface area (Å²) in [4.78, 5) is 9.35. The molecule has 2 aromatic heterocycles. The molecule has 0 saturated heterocycles. The van der Waals surface area contributed by atoms with Crippen molar-refractivity contribution >= 4 is 22.8 Å². The zero-order valence-electron chi connectivity index (χ0n) is 17.0. The molecule has 7 heteroatoms. The van der Waals surface area contributed by atoms with E-state index in [2.05, 4.69) is 34.7 Å². The summed E-state index contributed by atoms with van der Waals surface area (Å²) >= 11 is 0. The molecule has 0 unspecified atom stereocenters. The van der Waals surface area contributed by atoms with Gasteiger partial charge in [0.1, 0.15) is 18.1 Å². The summed E-state index contributed by atoms with van der Waals surface area (Å²) in [6.07, 6.45) is 6.60. The first kappa shape index (κ1) is 18.3. The third-order valence-electron chi connectivity index (χ3n) is 5.26. The van der Waals surface area contributed by atoms with Crippen LogP contribution >= 0.6 is 0 Å². The Hall–Kier alpha value is -3.74. The van der Waals surface area contributed by atoms with Gasteiger partial charge in [-0.3, -0.25) is 0 Å². The van der Waals surface area contributed by atoms with E-state index in [1.165, 1.54) is 5.56 Å². The van der Waals surface area contributed by atoms with E-state index in [-0.39, 0.29) is 0 Å². The van der Waals surface area contributed by atoms with Crippen LogP contribution < -0.4 is 20.1 Å². The fourth-order valence-electron chi connectivity index (χ4n) is 3.71. The van der Waals surface area contributed by atoms with E-state index in [1.807, 2.05) is 41.1 Å². The standard InChI is InChI=1S/C23H23N5O2/c1-3-15-4-6-17(13-21(15)29-2)26-22-23-25-8-10-28(23)14-19(27-22)16-5-7-20-18(12-16)24-9-11-30-20/h4-8,10,12-14,24H,3,9,11H2,1-2H3,(H,26,27). The Labute approximate surface area is 174 Å². The van der Waals surface area contributed by atoms with Gasteiger partial charge in [-0.05, 0) is 36.2 Å². The second kappa shape index (κ2) is 7.59. The van der Waals surface area contributed by atoms with E-state index >= 15 is 0 Å². The molecule has 2 N–H and O–H groups in total. The van der Waals surface area contributed by atoms with Crippen molar-refractivity contribution in [3.8, 4) is 22.8 Å². The molecule has 1 aliphatic rings. The van der Waals surface area contributed by atoms with E-state index in [9.17, 15) is 0 Å². The normalized spacial score (nSPS) is 12.7. The molecular formula is C23H23N5O2. The Kier molecular flexibility index (Phi) is 4.63. The first-order valence-electron chi connectivity index (χ1n) is 10.0. The third kappa shape index (κ3) is 3.28. The minimum Gasteiger partial charge on any atom is -0.496 e. The SMILES string of the molecule is CCc1ccc(Nc2nc(-c3ccc4c(c3)NCCO4)cn3ccnc23)cc1OC. The largest absolute Gasteiger partial charge is 0.496 e. The van der Waals surface area contributed by atoms with Crippen LogP contribution in [0.5, 0.6) is 11.5 Å². The number of nitrogens with zero attached hydrogens (tertiary/aromatic N) is 3. The molecule has 1 aliphatic heterocycles. The lowest BCUT2D eigenvalue weighted by Gasteiger charge is -2.19. The van der Waals surface area contributed by atoms with Crippen LogP contribution in [0, 0.1) is 0 Å². The minimum atomic E-state index is 0.681. The fraction of sp³-hybridized carbons (Fsp3) is 0.217. The number of benzene rings is 2. The maximum atomic E-state index is 5.69. The first-order chi connectivity index (χ1) is 14.7. The number of fused-ring (bicyclic) bond motifs is 2. The number of rotatable bonds is 5. The number of ether oxygens (including phenoxy) is 2. The van der Waals surface area contributed by atoms with Crippen molar-refractivity contribution in [2.24, 2.45) is 0 Å². The van der Waals surface area contributed by atoms with E-state index in [0.29, 0.717) is 12.4 Å². The zero-order chi connectivity index (χ0) is 20.5. The molecule has 0 amide bonds. The Morgan fingerprint density at radius 2 is 2.17 bits per heavy atom. The molecular weight excluding hydrogens is 378 g/mol. The highest BCUT2D eigenvalue weighted by molar-refractivity contribution is 5.76. The summed E-state index contributed by atoms with van der Waals surface area (Å²) in [6, 6.07) is 12.2. The maximum Gasteiger partial charge on any atom is 0.180 e. The lowest BCUT2D eigenvalue weighted by Crippen LogP contribution is -2.17. The quantitative estimate of drug-likeness (QED) is 0.512. The van der Waals surface area contributed by atoms with Gasteiger partial charge in [-0.2, -0.15) is 0 Å². The summed E-state index contributed by atoms with van der Waals surface area (Å²) in [6.45, 7) is 3.59. The molecule has 0 spiro atoms. The van der Waals surface area contributed by atoms with Gasteiger partial charge >= 0.3 is 0 Å². The molecule has 3 heterocycles. The van der Waals surface area contributed by atoms with Gasteiger partial charge < -0.3 is 24.5 Å². The number of hydrogen-bond donors (Lipinski definition) is 2. The smallest absolute Gasteiger partial charge is 0.180 e. The van der Waals surface area contributed by atoms with Crippen molar-refractivity contribution in [3.05, 3.63) is 60.6 Å². The highest BCUT2D eigenvalue weighted by Gasteiger charge is 2.14. The molecule has 0 bridgehead atoms. The highest BCUT2D eigenvalue weighted by Crippen LogP contribution is 2.33. The molecule has 4 aromatic rings. The number of hydrogen-bond acceptors (Lipinski definition) is 6. The van der Waals surface area contributed by atoms with Gasteiger partial charge in [0.05, 0.1) is 18.5 Å². The van der Waals surface area contributed by atoms with Crippen molar-refractivity contribution in [2.75, 3.05) is 30.9 Å². The van der Waals surface area contributed by atoms with Crippen LogP contribution in [-0.2, 0) is 6.42 Å². The molecule has 0 atom stereocenters. The number of aryl methyl sites for hydroxylation is 1. The van der Waals surface area contributed by atoms with Crippen LogP contribution in [0.3, 0.4) is 0 Å². The number of aromatic nitrogens is 3. The van der Waals surface area contributed by atoms with E-state index in [0.717, 1.165) is 52.7 Å². The van der Waals surface area contributed by atoms with Crippen LogP contribution in [0.4, 0.5) is 17.2 Å². The average molecular weight is 401 g/mol. The Bertz CT molecular complexity index is 1220.